The second-order valence-electron chi connectivity index (χ2n) is 8.04. The molecular weight excluding hydrogens is 462 g/mol. The predicted molar refractivity (Wildman–Crippen MR) is 135 cm³/mol. The van der Waals surface area contributed by atoms with Crippen molar-refractivity contribution in [1.82, 2.24) is 9.97 Å². The van der Waals surface area contributed by atoms with Gasteiger partial charge in [-0.1, -0.05) is 83.9 Å². The Hall–Kier alpha value is -4.03. The Morgan fingerprint density at radius 3 is 2.26 bits per heavy atom. The van der Waals surface area contributed by atoms with Crippen LogP contribution < -0.4 is 4.90 Å². The molecular formula is C28H24ClN3O3. The Balaban J connectivity index is 1.65. The molecule has 0 aliphatic heterocycles. The molecule has 0 aliphatic rings. The summed E-state index contributed by atoms with van der Waals surface area (Å²) in [5.74, 6) is -1.82. The highest BCUT2D eigenvalue weighted by Crippen LogP contribution is 2.25. The number of amides is 1. The van der Waals surface area contributed by atoms with E-state index in [1.807, 2.05) is 37.3 Å². The first-order valence-corrected chi connectivity index (χ1v) is 11.5. The van der Waals surface area contributed by atoms with Gasteiger partial charge in [0.05, 0.1) is 6.54 Å². The average Bonchev–Trinajstić information content (AvgIpc) is 2.89. The number of esters is 1. The van der Waals surface area contributed by atoms with Gasteiger partial charge in [0.15, 0.2) is 5.92 Å². The molecule has 1 unspecified atom stereocenters. The molecule has 0 fully saturated rings. The van der Waals surface area contributed by atoms with E-state index in [1.54, 1.807) is 67.0 Å². The molecule has 0 N–H and O–H groups in total. The van der Waals surface area contributed by atoms with Gasteiger partial charge in [0.1, 0.15) is 17.6 Å². The Kier molecular flexibility index (Phi) is 7.85. The second kappa shape index (κ2) is 11.4. The van der Waals surface area contributed by atoms with Gasteiger partial charge in [-0.05, 0) is 41.8 Å². The maximum absolute atomic E-state index is 14.0. The number of anilines is 1. The van der Waals surface area contributed by atoms with Crippen molar-refractivity contribution in [3.8, 4) is 0 Å². The van der Waals surface area contributed by atoms with Gasteiger partial charge in [0.2, 0.25) is 5.91 Å². The topological polar surface area (TPSA) is 72.4 Å². The molecule has 1 amide bonds. The van der Waals surface area contributed by atoms with E-state index in [0.29, 0.717) is 16.5 Å². The minimum Gasteiger partial charge on any atom is -0.460 e. The summed E-state index contributed by atoms with van der Waals surface area (Å²) in [4.78, 5) is 37.2. The second-order valence-corrected chi connectivity index (χ2v) is 8.43. The molecule has 0 saturated carbocycles. The fourth-order valence-corrected chi connectivity index (χ4v) is 3.68. The van der Waals surface area contributed by atoms with Crippen molar-refractivity contribution in [2.45, 2.75) is 26.0 Å². The van der Waals surface area contributed by atoms with Crippen LogP contribution in [0.15, 0.2) is 97.3 Å². The number of hydrogen-bond donors (Lipinski definition) is 0. The summed E-state index contributed by atoms with van der Waals surface area (Å²) in [7, 11) is 0. The van der Waals surface area contributed by atoms with Gasteiger partial charge in [0, 0.05) is 12.4 Å². The van der Waals surface area contributed by atoms with Crippen LogP contribution in [0.1, 0.15) is 28.2 Å². The summed E-state index contributed by atoms with van der Waals surface area (Å²) >= 11 is 5.93. The lowest BCUT2D eigenvalue weighted by molar-refractivity contribution is -0.149. The Morgan fingerprint density at radius 2 is 1.60 bits per heavy atom. The Bertz CT molecular complexity index is 1260. The summed E-state index contributed by atoms with van der Waals surface area (Å²) < 4.78 is 5.62. The third kappa shape index (κ3) is 6.31. The monoisotopic (exact) mass is 485 g/mol. The summed E-state index contributed by atoms with van der Waals surface area (Å²) in [5.41, 5.74) is 3.24. The van der Waals surface area contributed by atoms with Crippen LogP contribution in [0.3, 0.4) is 0 Å². The molecule has 4 aromatic rings. The number of carbonyl (C=O) groups is 2. The van der Waals surface area contributed by atoms with Crippen molar-refractivity contribution in [3.05, 3.63) is 125 Å². The van der Waals surface area contributed by atoms with Gasteiger partial charge in [0.25, 0.3) is 0 Å². The number of carbonyl (C=O) groups excluding carboxylic acids is 2. The van der Waals surface area contributed by atoms with E-state index in [0.717, 1.165) is 16.7 Å². The van der Waals surface area contributed by atoms with Gasteiger partial charge >= 0.3 is 5.97 Å². The van der Waals surface area contributed by atoms with E-state index in [9.17, 15) is 9.59 Å². The van der Waals surface area contributed by atoms with Crippen molar-refractivity contribution in [1.29, 1.82) is 0 Å². The summed E-state index contributed by atoms with van der Waals surface area (Å²) in [6.45, 7) is 2.22. The molecule has 0 spiro atoms. The van der Waals surface area contributed by atoms with E-state index >= 15 is 0 Å². The number of halogens is 1. The predicted octanol–water partition coefficient (Wildman–Crippen LogP) is 5.50. The molecule has 2 aromatic heterocycles. The number of aryl methyl sites for hydroxylation is 1. The molecule has 35 heavy (non-hydrogen) atoms. The number of hydrogen-bond acceptors (Lipinski definition) is 5. The quantitative estimate of drug-likeness (QED) is 0.187. The normalized spacial score (nSPS) is 11.5. The fraction of sp³-hybridized carbons (Fsp3) is 0.143. The number of nitrogens with zero attached hydrogens (tertiary/aromatic N) is 3. The molecule has 2 heterocycles. The molecule has 7 heteroatoms. The smallest absolute Gasteiger partial charge is 0.323 e. The number of ether oxygens (including phenoxy) is 1. The van der Waals surface area contributed by atoms with E-state index in [-0.39, 0.29) is 13.2 Å². The van der Waals surface area contributed by atoms with E-state index < -0.39 is 17.8 Å². The number of benzene rings is 2. The van der Waals surface area contributed by atoms with Crippen molar-refractivity contribution in [2.24, 2.45) is 0 Å². The maximum atomic E-state index is 14.0. The lowest BCUT2D eigenvalue weighted by Gasteiger charge is -2.26. The molecule has 4 rings (SSSR count). The third-order valence-electron chi connectivity index (χ3n) is 5.44. The molecule has 0 saturated heterocycles. The summed E-state index contributed by atoms with van der Waals surface area (Å²) in [6.07, 6.45) is 3.20. The third-order valence-corrected chi connectivity index (χ3v) is 5.66. The first kappa shape index (κ1) is 24.1. The maximum Gasteiger partial charge on any atom is 0.323 e. The number of aromatic nitrogens is 2. The summed E-state index contributed by atoms with van der Waals surface area (Å²) in [6, 6.07) is 25.3. The molecule has 0 radical (unpaired) electrons. The van der Waals surface area contributed by atoms with Crippen LogP contribution in [-0.4, -0.2) is 21.8 Å². The molecule has 0 bridgehead atoms. The first-order chi connectivity index (χ1) is 17.0. The van der Waals surface area contributed by atoms with Crippen LogP contribution in [0, 0.1) is 6.92 Å². The van der Waals surface area contributed by atoms with Crippen LogP contribution in [-0.2, 0) is 27.5 Å². The fourth-order valence-electron chi connectivity index (χ4n) is 3.57. The van der Waals surface area contributed by atoms with Crippen LogP contribution in [0.4, 0.5) is 5.82 Å². The van der Waals surface area contributed by atoms with Crippen molar-refractivity contribution in [2.75, 3.05) is 4.90 Å². The highest BCUT2D eigenvalue weighted by atomic mass is 35.5. The first-order valence-electron chi connectivity index (χ1n) is 11.1. The van der Waals surface area contributed by atoms with Crippen molar-refractivity contribution in [3.63, 3.8) is 0 Å². The largest absolute Gasteiger partial charge is 0.460 e. The molecule has 0 aliphatic carbocycles. The highest BCUT2D eigenvalue weighted by Gasteiger charge is 2.35. The van der Waals surface area contributed by atoms with Gasteiger partial charge in [-0.2, -0.15) is 0 Å². The average molecular weight is 486 g/mol. The van der Waals surface area contributed by atoms with Gasteiger partial charge < -0.3 is 4.74 Å². The van der Waals surface area contributed by atoms with E-state index in [4.69, 9.17) is 16.3 Å². The van der Waals surface area contributed by atoms with E-state index in [1.165, 1.54) is 4.90 Å². The molecule has 2 aromatic carbocycles. The zero-order valence-electron chi connectivity index (χ0n) is 19.2. The lowest BCUT2D eigenvalue weighted by Crippen LogP contribution is -2.39. The zero-order valence-corrected chi connectivity index (χ0v) is 19.9. The molecule has 176 valence electrons. The number of rotatable bonds is 8. The zero-order chi connectivity index (χ0) is 24.6. The lowest BCUT2D eigenvalue weighted by atomic mass is 9.97. The minimum atomic E-state index is -1.16. The minimum absolute atomic E-state index is 0.0699. The Morgan fingerprint density at radius 1 is 0.886 bits per heavy atom. The molecule has 6 nitrogen and oxygen atoms in total. The van der Waals surface area contributed by atoms with Crippen LogP contribution in [0.2, 0.25) is 5.15 Å². The summed E-state index contributed by atoms with van der Waals surface area (Å²) in [5, 5.41) is 0.353. The van der Waals surface area contributed by atoms with Crippen molar-refractivity contribution < 1.29 is 14.3 Å². The molecule has 1 atom stereocenters. The number of pyridine rings is 2. The highest BCUT2D eigenvalue weighted by molar-refractivity contribution is 6.29. The van der Waals surface area contributed by atoms with Gasteiger partial charge in [-0.3, -0.25) is 14.5 Å². The van der Waals surface area contributed by atoms with E-state index in [2.05, 4.69) is 9.97 Å². The standard InChI is InChI=1S/C28H24ClN3O3/c1-20-10-12-21(13-11-20)19-35-28(34)26(23-7-3-2-4-8-23)27(33)32(25-9-5-6-16-30-25)18-22-14-15-24(29)31-17-22/h2-17,26H,18-19H2,1H3. The van der Waals surface area contributed by atoms with Crippen LogP contribution in [0.5, 0.6) is 0 Å². The Labute approximate surface area is 209 Å². The van der Waals surface area contributed by atoms with Gasteiger partial charge in [-0.15, -0.1) is 0 Å². The van der Waals surface area contributed by atoms with Crippen LogP contribution in [0.25, 0.3) is 0 Å². The van der Waals surface area contributed by atoms with Gasteiger partial charge in [-0.25, -0.2) is 9.97 Å². The van der Waals surface area contributed by atoms with Crippen molar-refractivity contribution >= 4 is 29.3 Å². The SMILES string of the molecule is Cc1ccc(COC(=O)C(C(=O)N(Cc2ccc(Cl)nc2)c2ccccn2)c2ccccc2)cc1. The van der Waals surface area contributed by atoms with Crippen LogP contribution >= 0.6 is 11.6 Å².